The fraction of sp³-hybridized carbons (Fsp3) is 0.611. The number of ether oxygens (including phenoxy) is 2. The number of hydrogen-bond donors (Lipinski definition) is 2. The van der Waals surface area contributed by atoms with E-state index in [4.69, 9.17) is 9.47 Å². The van der Waals surface area contributed by atoms with Crippen molar-refractivity contribution in [1.29, 1.82) is 0 Å². The van der Waals surface area contributed by atoms with E-state index in [-0.39, 0.29) is 30.0 Å². The maximum atomic E-state index is 12.5. The molecule has 10 heteroatoms. The molecule has 0 spiro atoms. The molecule has 1 heterocycles. The van der Waals surface area contributed by atoms with Gasteiger partial charge < -0.3 is 20.1 Å². The van der Waals surface area contributed by atoms with Crippen LogP contribution < -0.4 is 20.1 Å². The van der Waals surface area contributed by atoms with Crippen LogP contribution in [0.25, 0.3) is 0 Å². The van der Waals surface area contributed by atoms with Gasteiger partial charge in [0, 0.05) is 37.4 Å². The van der Waals surface area contributed by atoms with Crippen LogP contribution in [0.3, 0.4) is 0 Å². The molecule has 0 radical (unpaired) electrons. The van der Waals surface area contributed by atoms with Gasteiger partial charge in [-0.3, -0.25) is 9.89 Å². The van der Waals surface area contributed by atoms with E-state index in [2.05, 4.69) is 15.6 Å². The van der Waals surface area contributed by atoms with Gasteiger partial charge in [0.15, 0.2) is 17.5 Å². The Morgan fingerprint density at radius 1 is 1.29 bits per heavy atom. The summed E-state index contributed by atoms with van der Waals surface area (Å²) in [5, 5.41) is 6.39. The van der Waals surface area contributed by atoms with Crippen molar-refractivity contribution in [2.24, 2.45) is 4.99 Å². The number of nitrogens with zero attached hydrogens (tertiary/aromatic N) is 2. The lowest BCUT2D eigenvalue weighted by atomic mass is 10.2. The Morgan fingerprint density at radius 2 is 2.04 bits per heavy atom. The maximum Gasteiger partial charge on any atom is 0.401 e. The number of hydrogen-bond acceptors (Lipinski definition) is 4. The number of rotatable bonds is 7. The van der Waals surface area contributed by atoms with Gasteiger partial charge in [-0.25, -0.2) is 0 Å². The molecule has 1 aliphatic rings. The standard InChI is InChI=1S/C18H27F3N4O2.HI/c1-4-22-17(24-14-8-9-25(11-14)12-18(19,20)21)23-13-6-7-15(27-5-2)16(10-13)26-3;/h6-7,10,14H,4-5,8-9,11-12H2,1-3H3,(H2,22,23,24);1H. The molecule has 2 rings (SSSR count). The smallest absolute Gasteiger partial charge is 0.401 e. The highest BCUT2D eigenvalue weighted by Gasteiger charge is 2.34. The van der Waals surface area contributed by atoms with E-state index in [1.807, 2.05) is 19.9 Å². The van der Waals surface area contributed by atoms with Gasteiger partial charge in [-0.15, -0.1) is 24.0 Å². The summed E-state index contributed by atoms with van der Waals surface area (Å²) in [5.41, 5.74) is 0.750. The fourth-order valence-corrected chi connectivity index (χ4v) is 2.98. The predicted octanol–water partition coefficient (Wildman–Crippen LogP) is 3.73. The van der Waals surface area contributed by atoms with Crippen LogP contribution >= 0.6 is 24.0 Å². The Labute approximate surface area is 180 Å². The van der Waals surface area contributed by atoms with E-state index >= 15 is 0 Å². The first-order valence-corrected chi connectivity index (χ1v) is 9.02. The van der Waals surface area contributed by atoms with Crippen molar-refractivity contribution in [2.45, 2.75) is 32.5 Å². The molecule has 0 aliphatic carbocycles. The molecule has 1 aromatic rings. The zero-order chi connectivity index (χ0) is 19.9. The predicted molar refractivity (Wildman–Crippen MR) is 115 cm³/mol. The van der Waals surface area contributed by atoms with Crippen molar-refractivity contribution in [3.63, 3.8) is 0 Å². The molecule has 1 unspecified atom stereocenters. The van der Waals surface area contributed by atoms with Crippen LogP contribution in [0.15, 0.2) is 23.2 Å². The molecule has 1 saturated heterocycles. The van der Waals surface area contributed by atoms with Gasteiger partial charge in [-0.2, -0.15) is 13.2 Å². The normalized spacial score (nSPS) is 17.8. The zero-order valence-corrected chi connectivity index (χ0v) is 18.6. The second-order valence-corrected chi connectivity index (χ2v) is 6.23. The molecule has 28 heavy (non-hydrogen) atoms. The highest BCUT2D eigenvalue weighted by molar-refractivity contribution is 14.0. The molecule has 160 valence electrons. The van der Waals surface area contributed by atoms with Crippen molar-refractivity contribution < 1.29 is 22.6 Å². The minimum absolute atomic E-state index is 0. The van der Waals surface area contributed by atoms with Crippen molar-refractivity contribution in [2.75, 3.05) is 45.2 Å². The Kier molecular flexibility index (Phi) is 10.1. The Bertz CT molecular complexity index is 644. The molecule has 6 nitrogen and oxygen atoms in total. The first-order chi connectivity index (χ1) is 12.8. The first kappa shape index (κ1) is 24.6. The number of halogens is 4. The number of alkyl halides is 3. The Balaban J connectivity index is 0.00000392. The molecule has 1 aliphatic heterocycles. The fourth-order valence-electron chi connectivity index (χ4n) is 2.98. The average molecular weight is 516 g/mol. The van der Waals surface area contributed by atoms with E-state index in [0.717, 1.165) is 5.69 Å². The summed E-state index contributed by atoms with van der Waals surface area (Å²) in [5.74, 6) is 1.77. The Morgan fingerprint density at radius 3 is 2.64 bits per heavy atom. The van der Waals surface area contributed by atoms with E-state index in [1.165, 1.54) is 4.90 Å². The van der Waals surface area contributed by atoms with Crippen molar-refractivity contribution in [3.8, 4) is 11.5 Å². The number of aliphatic imine (C=N–C) groups is 1. The largest absolute Gasteiger partial charge is 0.493 e. The minimum Gasteiger partial charge on any atom is -0.493 e. The highest BCUT2D eigenvalue weighted by atomic mass is 127. The van der Waals surface area contributed by atoms with Crippen molar-refractivity contribution in [3.05, 3.63) is 18.2 Å². The summed E-state index contributed by atoms with van der Waals surface area (Å²) in [6, 6.07) is 5.34. The molecule has 0 aromatic heterocycles. The van der Waals surface area contributed by atoms with Crippen LogP contribution in [0.1, 0.15) is 20.3 Å². The van der Waals surface area contributed by atoms with Crippen molar-refractivity contribution in [1.82, 2.24) is 10.2 Å². The number of nitrogens with one attached hydrogen (secondary N) is 2. The van der Waals surface area contributed by atoms with E-state index in [1.54, 1.807) is 19.2 Å². The number of benzene rings is 1. The van der Waals surface area contributed by atoms with Crippen LogP contribution in [0.5, 0.6) is 11.5 Å². The molecule has 1 fully saturated rings. The first-order valence-electron chi connectivity index (χ1n) is 9.02. The lowest BCUT2D eigenvalue weighted by Gasteiger charge is -2.20. The quantitative estimate of drug-likeness (QED) is 0.329. The van der Waals surface area contributed by atoms with Gasteiger partial charge in [0.2, 0.25) is 0 Å². The summed E-state index contributed by atoms with van der Waals surface area (Å²) in [6.07, 6.45) is -3.54. The number of likely N-dealkylation sites (tertiary alicyclic amines) is 1. The van der Waals surface area contributed by atoms with Crippen LogP contribution in [-0.4, -0.2) is 63.0 Å². The molecule has 1 atom stereocenters. The molecule has 0 amide bonds. The lowest BCUT2D eigenvalue weighted by molar-refractivity contribution is -0.143. The topological polar surface area (TPSA) is 58.1 Å². The summed E-state index contributed by atoms with van der Waals surface area (Å²) in [7, 11) is 1.56. The van der Waals surface area contributed by atoms with Gasteiger partial charge >= 0.3 is 6.18 Å². The number of anilines is 1. The SMILES string of the molecule is CCN=C(Nc1ccc(OCC)c(OC)c1)NC1CCN(CC(F)(F)F)C1.I. The third kappa shape index (κ3) is 7.90. The summed E-state index contributed by atoms with van der Waals surface area (Å²) in [6.45, 7) is 4.72. The molecule has 2 N–H and O–H groups in total. The molecule has 0 saturated carbocycles. The Hall–Kier alpha value is -1.43. The van der Waals surface area contributed by atoms with Gasteiger partial charge in [-0.1, -0.05) is 0 Å². The van der Waals surface area contributed by atoms with Crippen LogP contribution in [0.2, 0.25) is 0 Å². The summed E-state index contributed by atoms with van der Waals surface area (Å²) in [4.78, 5) is 5.78. The van der Waals surface area contributed by atoms with Crippen LogP contribution in [0, 0.1) is 0 Å². The highest BCUT2D eigenvalue weighted by Crippen LogP contribution is 2.30. The van der Waals surface area contributed by atoms with E-state index < -0.39 is 12.7 Å². The van der Waals surface area contributed by atoms with Gasteiger partial charge in [-0.05, 0) is 32.4 Å². The van der Waals surface area contributed by atoms with Gasteiger partial charge in [0.1, 0.15) is 0 Å². The second kappa shape index (κ2) is 11.5. The van der Waals surface area contributed by atoms with Crippen LogP contribution in [0.4, 0.5) is 18.9 Å². The minimum atomic E-state index is -4.17. The lowest BCUT2D eigenvalue weighted by Crippen LogP contribution is -2.42. The van der Waals surface area contributed by atoms with Crippen molar-refractivity contribution >= 4 is 35.6 Å². The molecular weight excluding hydrogens is 488 g/mol. The second-order valence-electron chi connectivity index (χ2n) is 6.23. The average Bonchev–Trinajstić information content (AvgIpc) is 3.01. The zero-order valence-electron chi connectivity index (χ0n) is 16.3. The van der Waals surface area contributed by atoms with E-state index in [0.29, 0.717) is 50.1 Å². The van der Waals surface area contributed by atoms with E-state index in [9.17, 15) is 13.2 Å². The molecule has 1 aromatic carbocycles. The van der Waals surface area contributed by atoms with Crippen LogP contribution in [-0.2, 0) is 0 Å². The maximum absolute atomic E-state index is 12.5. The third-order valence-electron chi connectivity index (χ3n) is 4.06. The molecule has 0 bridgehead atoms. The summed E-state index contributed by atoms with van der Waals surface area (Å²) < 4.78 is 48.5. The summed E-state index contributed by atoms with van der Waals surface area (Å²) >= 11 is 0. The van der Waals surface area contributed by atoms with Gasteiger partial charge in [0.05, 0.1) is 20.3 Å². The number of guanidine groups is 1. The molecular formula is C18H28F3IN4O2. The third-order valence-corrected chi connectivity index (χ3v) is 4.06. The monoisotopic (exact) mass is 516 g/mol. The van der Waals surface area contributed by atoms with Gasteiger partial charge in [0.25, 0.3) is 0 Å². The number of methoxy groups -OCH3 is 1.